The number of hydrogen-bond acceptors (Lipinski definition) is 4. The van der Waals surface area contributed by atoms with Crippen molar-refractivity contribution < 1.29 is 0 Å². The molecule has 0 unspecified atom stereocenters. The first-order chi connectivity index (χ1) is 7.24. The third-order valence-electron chi connectivity index (χ3n) is 1.90. The molecule has 0 heterocycles. The third-order valence-corrected chi connectivity index (χ3v) is 2.86. The lowest BCUT2D eigenvalue weighted by Crippen LogP contribution is -2.05. The molecule has 0 saturated carbocycles. The summed E-state index contributed by atoms with van der Waals surface area (Å²) >= 11 is 1.84. The van der Waals surface area contributed by atoms with Crippen LogP contribution in [0.4, 0.5) is 17.1 Å². The van der Waals surface area contributed by atoms with E-state index < -0.39 is 0 Å². The van der Waals surface area contributed by atoms with Gasteiger partial charge in [0.05, 0.1) is 11.4 Å². The number of nitrogen functional groups attached to an aromatic ring is 2. The molecular formula is C11H17N3S. The quantitative estimate of drug-likeness (QED) is 0.393. The van der Waals surface area contributed by atoms with Crippen LogP contribution in [0.5, 0.6) is 0 Å². The summed E-state index contributed by atoms with van der Waals surface area (Å²) in [5.41, 5.74) is 13.6. The summed E-state index contributed by atoms with van der Waals surface area (Å²) in [6.07, 6.45) is 1.91. The van der Waals surface area contributed by atoms with Crippen molar-refractivity contribution >= 4 is 28.8 Å². The van der Waals surface area contributed by atoms with Crippen molar-refractivity contribution in [3.63, 3.8) is 0 Å². The SMILES string of the molecule is C=CCSCCNc1ccc(N)c(N)c1. The van der Waals surface area contributed by atoms with E-state index in [0.29, 0.717) is 11.4 Å². The van der Waals surface area contributed by atoms with Crippen LogP contribution in [-0.4, -0.2) is 18.1 Å². The van der Waals surface area contributed by atoms with Crippen molar-refractivity contribution in [1.82, 2.24) is 0 Å². The van der Waals surface area contributed by atoms with E-state index in [2.05, 4.69) is 11.9 Å². The summed E-state index contributed by atoms with van der Waals surface area (Å²) in [6.45, 7) is 4.58. The number of hydrogen-bond donors (Lipinski definition) is 3. The van der Waals surface area contributed by atoms with Crippen molar-refractivity contribution in [2.24, 2.45) is 0 Å². The zero-order valence-corrected chi connectivity index (χ0v) is 9.52. The van der Waals surface area contributed by atoms with Gasteiger partial charge in [-0.05, 0) is 18.2 Å². The average Bonchev–Trinajstić information content (AvgIpc) is 2.23. The Morgan fingerprint density at radius 3 is 2.80 bits per heavy atom. The summed E-state index contributed by atoms with van der Waals surface area (Å²) in [7, 11) is 0. The molecule has 82 valence electrons. The Labute approximate surface area is 94.9 Å². The van der Waals surface area contributed by atoms with Crippen molar-refractivity contribution in [3.05, 3.63) is 30.9 Å². The Morgan fingerprint density at radius 2 is 2.13 bits per heavy atom. The van der Waals surface area contributed by atoms with E-state index in [-0.39, 0.29) is 0 Å². The van der Waals surface area contributed by atoms with Crippen molar-refractivity contribution in [2.75, 3.05) is 34.8 Å². The second-order valence-electron chi connectivity index (χ2n) is 3.13. The van der Waals surface area contributed by atoms with Gasteiger partial charge in [0.2, 0.25) is 0 Å². The summed E-state index contributed by atoms with van der Waals surface area (Å²) in [4.78, 5) is 0. The molecule has 0 aromatic heterocycles. The summed E-state index contributed by atoms with van der Waals surface area (Å²) in [5.74, 6) is 2.04. The van der Waals surface area contributed by atoms with E-state index in [0.717, 1.165) is 23.7 Å². The summed E-state index contributed by atoms with van der Waals surface area (Å²) in [6, 6.07) is 5.60. The molecule has 0 aliphatic heterocycles. The fourth-order valence-electron chi connectivity index (χ4n) is 1.12. The molecule has 0 spiro atoms. The van der Waals surface area contributed by atoms with Gasteiger partial charge in [0.1, 0.15) is 0 Å². The van der Waals surface area contributed by atoms with Crippen LogP contribution >= 0.6 is 11.8 Å². The van der Waals surface area contributed by atoms with Gasteiger partial charge in [0.25, 0.3) is 0 Å². The van der Waals surface area contributed by atoms with Gasteiger partial charge in [0.15, 0.2) is 0 Å². The van der Waals surface area contributed by atoms with E-state index >= 15 is 0 Å². The lowest BCUT2D eigenvalue weighted by molar-refractivity contribution is 1.23. The average molecular weight is 223 g/mol. The van der Waals surface area contributed by atoms with Crippen LogP contribution in [0.3, 0.4) is 0 Å². The number of anilines is 3. The standard InChI is InChI=1S/C11H17N3S/c1-2-6-15-7-5-14-9-3-4-10(12)11(13)8-9/h2-4,8,14H,1,5-7,12-13H2. The zero-order valence-electron chi connectivity index (χ0n) is 8.70. The fourth-order valence-corrected chi connectivity index (χ4v) is 1.70. The fraction of sp³-hybridized carbons (Fsp3) is 0.273. The highest BCUT2D eigenvalue weighted by Crippen LogP contribution is 2.19. The minimum absolute atomic E-state index is 0.624. The van der Waals surface area contributed by atoms with Gasteiger partial charge in [-0.25, -0.2) is 0 Å². The molecule has 4 heteroatoms. The molecule has 1 rings (SSSR count). The first-order valence-corrected chi connectivity index (χ1v) is 5.97. The predicted molar refractivity (Wildman–Crippen MR) is 71.3 cm³/mol. The summed E-state index contributed by atoms with van der Waals surface area (Å²) < 4.78 is 0. The number of rotatable bonds is 6. The van der Waals surface area contributed by atoms with Gasteiger partial charge in [-0.2, -0.15) is 11.8 Å². The van der Waals surface area contributed by atoms with Crippen LogP contribution in [0.1, 0.15) is 0 Å². The third kappa shape index (κ3) is 4.16. The first-order valence-electron chi connectivity index (χ1n) is 4.81. The highest BCUT2D eigenvalue weighted by molar-refractivity contribution is 7.99. The number of thioether (sulfide) groups is 1. The predicted octanol–water partition coefficient (Wildman–Crippen LogP) is 2.18. The molecule has 1 aromatic carbocycles. The maximum atomic E-state index is 5.69. The molecule has 1 aromatic rings. The van der Waals surface area contributed by atoms with Gasteiger partial charge in [-0.3, -0.25) is 0 Å². The molecule has 0 radical (unpaired) electrons. The molecule has 0 atom stereocenters. The van der Waals surface area contributed by atoms with E-state index in [1.165, 1.54) is 0 Å². The van der Waals surface area contributed by atoms with Gasteiger partial charge in [-0.15, -0.1) is 6.58 Å². The second kappa shape index (κ2) is 6.24. The molecule has 0 fully saturated rings. The number of nitrogens with one attached hydrogen (secondary N) is 1. The maximum absolute atomic E-state index is 5.69. The molecule has 0 bridgehead atoms. The highest BCUT2D eigenvalue weighted by atomic mass is 32.2. The molecule has 0 aliphatic rings. The Bertz CT molecular complexity index is 326. The maximum Gasteiger partial charge on any atom is 0.0568 e. The van der Waals surface area contributed by atoms with Crippen molar-refractivity contribution in [1.29, 1.82) is 0 Å². The van der Waals surface area contributed by atoms with Gasteiger partial charge < -0.3 is 16.8 Å². The number of benzene rings is 1. The first kappa shape index (κ1) is 11.8. The Balaban J connectivity index is 2.31. The number of nitrogens with two attached hydrogens (primary N) is 2. The monoisotopic (exact) mass is 223 g/mol. The molecule has 5 N–H and O–H groups in total. The van der Waals surface area contributed by atoms with Gasteiger partial charge in [0, 0.05) is 23.7 Å². The van der Waals surface area contributed by atoms with E-state index in [9.17, 15) is 0 Å². The van der Waals surface area contributed by atoms with Gasteiger partial charge in [-0.1, -0.05) is 6.08 Å². The van der Waals surface area contributed by atoms with Crippen molar-refractivity contribution in [2.45, 2.75) is 0 Å². The van der Waals surface area contributed by atoms with Crippen molar-refractivity contribution in [3.8, 4) is 0 Å². The topological polar surface area (TPSA) is 64.1 Å². The van der Waals surface area contributed by atoms with Crippen LogP contribution in [0.15, 0.2) is 30.9 Å². The van der Waals surface area contributed by atoms with Crippen LogP contribution in [0, 0.1) is 0 Å². The second-order valence-corrected chi connectivity index (χ2v) is 4.28. The Hall–Kier alpha value is -1.29. The lowest BCUT2D eigenvalue weighted by Gasteiger charge is -2.07. The zero-order chi connectivity index (χ0) is 11.1. The van der Waals surface area contributed by atoms with E-state index in [4.69, 9.17) is 11.5 Å². The van der Waals surface area contributed by atoms with E-state index in [1.807, 2.05) is 36.0 Å². The van der Waals surface area contributed by atoms with Crippen LogP contribution in [0.25, 0.3) is 0 Å². The highest BCUT2D eigenvalue weighted by Gasteiger charge is 1.96. The minimum Gasteiger partial charge on any atom is -0.397 e. The molecule has 0 amide bonds. The largest absolute Gasteiger partial charge is 0.397 e. The van der Waals surface area contributed by atoms with E-state index in [1.54, 1.807) is 0 Å². The summed E-state index contributed by atoms with van der Waals surface area (Å²) in [5, 5.41) is 3.28. The normalized spacial score (nSPS) is 9.87. The molecule has 0 aliphatic carbocycles. The molecule has 3 nitrogen and oxygen atoms in total. The van der Waals surface area contributed by atoms with Crippen LogP contribution in [0.2, 0.25) is 0 Å². The Morgan fingerprint density at radius 1 is 1.33 bits per heavy atom. The smallest absolute Gasteiger partial charge is 0.0568 e. The molecular weight excluding hydrogens is 206 g/mol. The minimum atomic E-state index is 0.624. The molecule has 15 heavy (non-hydrogen) atoms. The van der Waals surface area contributed by atoms with Gasteiger partial charge >= 0.3 is 0 Å². The lowest BCUT2D eigenvalue weighted by atomic mass is 10.2. The van der Waals surface area contributed by atoms with Crippen LogP contribution in [-0.2, 0) is 0 Å². The molecule has 0 saturated heterocycles. The Kier molecular flexibility index (Phi) is 4.90. The van der Waals surface area contributed by atoms with Crippen LogP contribution < -0.4 is 16.8 Å².